The third-order valence-corrected chi connectivity index (χ3v) is 4.93. The van der Waals surface area contributed by atoms with Crippen LogP contribution in [0.4, 0.5) is 9.59 Å². The average Bonchev–Trinajstić information content (AvgIpc) is 3.30. The first-order valence-electron chi connectivity index (χ1n) is 8.14. The first kappa shape index (κ1) is 20.1. The van der Waals surface area contributed by atoms with Crippen molar-refractivity contribution in [1.82, 2.24) is 20.6 Å². The molecule has 2 heterocycles. The predicted octanol–water partition coefficient (Wildman–Crippen LogP) is 3.31. The quantitative estimate of drug-likeness (QED) is 0.672. The largest absolute Gasteiger partial charge is 0.444 e. The van der Waals surface area contributed by atoms with Crippen LogP contribution in [-0.2, 0) is 22.7 Å². The average molecular weight is 399 g/mol. The van der Waals surface area contributed by atoms with E-state index >= 15 is 0 Å². The van der Waals surface area contributed by atoms with Crippen molar-refractivity contribution in [3.8, 4) is 0 Å². The lowest BCUT2D eigenvalue weighted by molar-refractivity contribution is 0.133. The Morgan fingerprint density at radius 2 is 1.35 bits per heavy atom. The maximum absolute atomic E-state index is 11.7. The SMILES string of the molecule is C[C@@H](CC[C@H](C)NC(=O)OCc1cncs1)NC(=O)OCc1cncs1. The molecule has 0 unspecified atom stereocenters. The molecule has 26 heavy (non-hydrogen) atoms. The highest BCUT2D eigenvalue weighted by Crippen LogP contribution is 2.08. The highest BCUT2D eigenvalue weighted by atomic mass is 32.1. The summed E-state index contributed by atoms with van der Waals surface area (Å²) in [5.74, 6) is 0. The molecule has 0 spiro atoms. The molecule has 0 saturated carbocycles. The summed E-state index contributed by atoms with van der Waals surface area (Å²) in [6.45, 7) is 4.21. The van der Waals surface area contributed by atoms with Gasteiger partial charge in [-0.1, -0.05) is 0 Å². The molecule has 2 aromatic heterocycles. The Kier molecular flexibility index (Phi) is 8.29. The molecule has 10 heteroatoms. The van der Waals surface area contributed by atoms with Crippen molar-refractivity contribution in [2.75, 3.05) is 0 Å². The van der Waals surface area contributed by atoms with Crippen molar-refractivity contribution in [1.29, 1.82) is 0 Å². The number of aromatic nitrogens is 2. The Morgan fingerprint density at radius 1 is 0.923 bits per heavy atom. The van der Waals surface area contributed by atoms with E-state index in [9.17, 15) is 9.59 Å². The summed E-state index contributed by atoms with van der Waals surface area (Å²) < 4.78 is 10.2. The molecule has 0 fully saturated rings. The van der Waals surface area contributed by atoms with Crippen LogP contribution in [0.3, 0.4) is 0 Å². The number of hydrogen-bond donors (Lipinski definition) is 2. The van der Waals surface area contributed by atoms with Crippen molar-refractivity contribution in [3.63, 3.8) is 0 Å². The predicted molar refractivity (Wildman–Crippen MR) is 99.0 cm³/mol. The van der Waals surface area contributed by atoms with Crippen LogP contribution < -0.4 is 10.6 Å². The minimum absolute atomic E-state index is 0.0681. The summed E-state index contributed by atoms with van der Waals surface area (Å²) in [6.07, 6.45) is 3.81. The number of nitrogens with one attached hydrogen (secondary N) is 2. The maximum Gasteiger partial charge on any atom is 0.407 e. The van der Waals surface area contributed by atoms with Gasteiger partial charge >= 0.3 is 12.2 Å². The number of thiazole rings is 2. The molecule has 0 radical (unpaired) electrons. The van der Waals surface area contributed by atoms with Gasteiger partial charge in [0.15, 0.2) is 0 Å². The Hall–Kier alpha value is -2.20. The number of amides is 2. The van der Waals surface area contributed by atoms with Crippen LogP contribution in [0.1, 0.15) is 36.4 Å². The molecule has 0 aliphatic carbocycles. The molecule has 0 aromatic carbocycles. The van der Waals surface area contributed by atoms with Gasteiger partial charge in [-0.15, -0.1) is 22.7 Å². The molecule has 2 amide bonds. The van der Waals surface area contributed by atoms with E-state index in [1.165, 1.54) is 22.7 Å². The van der Waals surface area contributed by atoms with Crippen LogP contribution in [0.5, 0.6) is 0 Å². The number of hydrogen-bond acceptors (Lipinski definition) is 8. The summed E-state index contributed by atoms with van der Waals surface area (Å²) in [7, 11) is 0. The van der Waals surface area contributed by atoms with Crippen LogP contribution in [0.2, 0.25) is 0 Å². The fourth-order valence-electron chi connectivity index (χ4n) is 2.03. The molecule has 8 nitrogen and oxygen atoms in total. The van der Waals surface area contributed by atoms with Gasteiger partial charge in [0.25, 0.3) is 0 Å². The zero-order valence-corrected chi connectivity index (χ0v) is 16.3. The van der Waals surface area contributed by atoms with Crippen LogP contribution in [-0.4, -0.2) is 34.2 Å². The second-order valence-electron chi connectivity index (χ2n) is 5.76. The van der Waals surface area contributed by atoms with Crippen LogP contribution >= 0.6 is 22.7 Å². The summed E-state index contributed by atoms with van der Waals surface area (Å²) >= 11 is 2.87. The van der Waals surface area contributed by atoms with Gasteiger partial charge < -0.3 is 20.1 Å². The number of ether oxygens (including phenoxy) is 2. The van der Waals surface area contributed by atoms with E-state index in [1.54, 1.807) is 23.4 Å². The van der Waals surface area contributed by atoms with E-state index in [0.717, 1.165) is 9.75 Å². The molecule has 2 aromatic rings. The number of rotatable bonds is 9. The topological polar surface area (TPSA) is 102 Å². The summed E-state index contributed by atoms with van der Waals surface area (Å²) in [5.41, 5.74) is 3.38. The molecule has 2 rings (SSSR count). The second kappa shape index (κ2) is 10.7. The van der Waals surface area contributed by atoms with E-state index in [-0.39, 0.29) is 25.3 Å². The van der Waals surface area contributed by atoms with E-state index in [1.807, 2.05) is 13.8 Å². The highest BCUT2D eigenvalue weighted by Gasteiger charge is 2.13. The number of alkyl carbamates (subject to hydrolysis) is 2. The number of nitrogens with zero attached hydrogens (tertiary/aromatic N) is 2. The summed E-state index contributed by atoms with van der Waals surface area (Å²) in [5, 5.41) is 5.54. The fourth-order valence-corrected chi connectivity index (χ4v) is 3.04. The van der Waals surface area contributed by atoms with Gasteiger partial charge in [-0.05, 0) is 26.7 Å². The zero-order chi connectivity index (χ0) is 18.8. The van der Waals surface area contributed by atoms with Gasteiger partial charge in [-0.2, -0.15) is 0 Å². The molecule has 0 bridgehead atoms. The Bertz CT molecular complexity index is 606. The zero-order valence-electron chi connectivity index (χ0n) is 14.6. The minimum atomic E-state index is -0.463. The van der Waals surface area contributed by atoms with Crippen molar-refractivity contribution in [2.24, 2.45) is 0 Å². The standard InChI is InChI=1S/C16H22N4O4S2/c1-11(19-15(21)23-7-13-5-17-9-25-13)3-4-12(2)20-16(22)24-8-14-6-18-10-26-14/h5-6,9-12H,3-4,7-8H2,1-2H3,(H,19,21)(H,20,22)/t11-,12-/m0/s1. The molecule has 2 N–H and O–H groups in total. The van der Waals surface area contributed by atoms with E-state index < -0.39 is 12.2 Å². The monoisotopic (exact) mass is 398 g/mol. The van der Waals surface area contributed by atoms with Crippen LogP contribution in [0, 0.1) is 0 Å². The Morgan fingerprint density at radius 3 is 1.69 bits per heavy atom. The summed E-state index contributed by atoms with van der Waals surface area (Å²) in [6, 6.07) is -0.136. The normalized spacial score (nSPS) is 12.8. The van der Waals surface area contributed by atoms with Crippen LogP contribution in [0.25, 0.3) is 0 Å². The van der Waals surface area contributed by atoms with E-state index in [0.29, 0.717) is 12.8 Å². The summed E-state index contributed by atoms with van der Waals surface area (Å²) in [4.78, 5) is 33.1. The Labute approximate surface area is 160 Å². The molecular weight excluding hydrogens is 376 g/mol. The molecule has 0 saturated heterocycles. The van der Waals surface area contributed by atoms with Gasteiger partial charge in [0.05, 0.1) is 20.8 Å². The highest BCUT2D eigenvalue weighted by molar-refractivity contribution is 7.09. The fraction of sp³-hybridized carbons (Fsp3) is 0.500. The molecule has 0 aliphatic rings. The van der Waals surface area contributed by atoms with Gasteiger partial charge in [0.1, 0.15) is 13.2 Å². The first-order valence-corrected chi connectivity index (χ1v) is 9.90. The maximum atomic E-state index is 11.7. The lowest BCUT2D eigenvalue weighted by Crippen LogP contribution is -2.36. The van der Waals surface area contributed by atoms with Gasteiger partial charge in [0.2, 0.25) is 0 Å². The molecule has 142 valence electrons. The van der Waals surface area contributed by atoms with Crippen molar-refractivity contribution in [3.05, 3.63) is 33.2 Å². The van der Waals surface area contributed by atoms with Crippen LogP contribution in [0.15, 0.2) is 23.4 Å². The molecule has 2 atom stereocenters. The number of carbonyl (C=O) groups is 2. The van der Waals surface area contributed by atoms with Crippen molar-refractivity contribution >= 4 is 34.9 Å². The first-order chi connectivity index (χ1) is 12.5. The third-order valence-electron chi connectivity index (χ3n) is 3.42. The van der Waals surface area contributed by atoms with Crippen molar-refractivity contribution in [2.45, 2.75) is 52.0 Å². The third kappa shape index (κ3) is 7.79. The van der Waals surface area contributed by atoms with Crippen molar-refractivity contribution < 1.29 is 19.1 Å². The lowest BCUT2D eigenvalue weighted by Gasteiger charge is -2.17. The van der Waals surface area contributed by atoms with Gasteiger partial charge in [0, 0.05) is 24.5 Å². The number of carbonyl (C=O) groups excluding carboxylic acids is 2. The minimum Gasteiger partial charge on any atom is -0.444 e. The van der Waals surface area contributed by atoms with E-state index in [2.05, 4.69) is 20.6 Å². The van der Waals surface area contributed by atoms with Gasteiger partial charge in [-0.3, -0.25) is 9.97 Å². The van der Waals surface area contributed by atoms with Gasteiger partial charge in [-0.25, -0.2) is 9.59 Å². The van der Waals surface area contributed by atoms with E-state index in [4.69, 9.17) is 9.47 Å². The second-order valence-corrected chi connectivity index (χ2v) is 7.70. The smallest absolute Gasteiger partial charge is 0.407 e. The lowest BCUT2D eigenvalue weighted by atomic mass is 10.1. The Balaban J connectivity index is 1.56. The molecule has 0 aliphatic heterocycles. The molecular formula is C16H22N4O4S2.